The number of carbonyl (C=O) groups excluding carboxylic acids is 1. The molecule has 1 amide bonds. The molecule has 0 saturated carbocycles. The first-order chi connectivity index (χ1) is 8.15. The number of carbonyl (C=O) groups is 1. The molecule has 1 heterocycles. The number of thiocarbonyl (C=S) groups is 1. The van der Waals surface area contributed by atoms with Crippen LogP contribution in [-0.2, 0) is 4.79 Å². The number of hydrogen-bond donors (Lipinski definition) is 2. The predicted molar refractivity (Wildman–Crippen MR) is 71.5 cm³/mol. The van der Waals surface area contributed by atoms with E-state index in [1.54, 1.807) is 5.01 Å². The molecule has 2 N–H and O–H groups in total. The fraction of sp³-hybridized carbons (Fsp3) is 0.333. The summed E-state index contributed by atoms with van der Waals surface area (Å²) in [6, 6.07) is 7.92. The number of hydrogen-bond acceptors (Lipinski definition) is 2. The van der Waals surface area contributed by atoms with Crippen LogP contribution in [0.3, 0.4) is 0 Å². The van der Waals surface area contributed by atoms with Crippen molar-refractivity contribution in [2.24, 2.45) is 0 Å². The van der Waals surface area contributed by atoms with Gasteiger partial charge in [0.1, 0.15) is 0 Å². The summed E-state index contributed by atoms with van der Waals surface area (Å²) < 4.78 is 0. The first-order valence-electron chi connectivity index (χ1n) is 5.60. The van der Waals surface area contributed by atoms with Crippen LogP contribution in [0.25, 0.3) is 0 Å². The van der Waals surface area contributed by atoms with E-state index in [2.05, 4.69) is 10.7 Å². The zero-order valence-corrected chi connectivity index (χ0v) is 10.5. The van der Waals surface area contributed by atoms with Gasteiger partial charge in [-0.15, -0.1) is 0 Å². The predicted octanol–water partition coefficient (Wildman–Crippen LogP) is 1.82. The molecular weight excluding hydrogens is 234 g/mol. The first-order valence-corrected chi connectivity index (χ1v) is 6.00. The van der Waals surface area contributed by atoms with Gasteiger partial charge in [0.05, 0.1) is 0 Å². The lowest BCUT2D eigenvalue weighted by molar-refractivity contribution is -0.129. The third-order valence-electron chi connectivity index (χ3n) is 2.59. The van der Waals surface area contributed by atoms with Gasteiger partial charge in [-0.25, -0.2) is 0 Å². The van der Waals surface area contributed by atoms with Crippen LogP contribution in [-0.4, -0.2) is 22.6 Å². The van der Waals surface area contributed by atoms with E-state index in [9.17, 15) is 4.79 Å². The molecule has 1 aliphatic rings. The van der Waals surface area contributed by atoms with Crippen molar-refractivity contribution in [2.45, 2.75) is 19.8 Å². The highest BCUT2D eigenvalue weighted by molar-refractivity contribution is 7.80. The van der Waals surface area contributed by atoms with Gasteiger partial charge in [0.25, 0.3) is 0 Å². The summed E-state index contributed by atoms with van der Waals surface area (Å²) in [4.78, 5) is 11.4. The lowest BCUT2D eigenvalue weighted by Gasteiger charge is -2.19. The molecule has 4 nitrogen and oxygen atoms in total. The summed E-state index contributed by atoms with van der Waals surface area (Å²) in [6.45, 7) is 2.74. The SMILES string of the molecule is Cc1cccc(NC(=S)NN2CCCC2=O)c1. The Morgan fingerprint density at radius 1 is 1.47 bits per heavy atom. The van der Waals surface area contributed by atoms with Crippen LogP contribution in [0.5, 0.6) is 0 Å². The summed E-state index contributed by atoms with van der Waals surface area (Å²) in [5.74, 6) is 0.0957. The topological polar surface area (TPSA) is 44.4 Å². The van der Waals surface area contributed by atoms with E-state index in [1.165, 1.54) is 0 Å². The van der Waals surface area contributed by atoms with Crippen LogP contribution >= 0.6 is 12.2 Å². The van der Waals surface area contributed by atoms with Crippen molar-refractivity contribution in [3.63, 3.8) is 0 Å². The molecule has 17 heavy (non-hydrogen) atoms. The molecule has 0 aliphatic carbocycles. The number of aryl methyl sites for hydroxylation is 1. The maximum atomic E-state index is 11.4. The lowest BCUT2D eigenvalue weighted by Crippen LogP contribution is -2.44. The molecule has 0 radical (unpaired) electrons. The fourth-order valence-corrected chi connectivity index (χ4v) is 2.00. The molecule has 0 spiro atoms. The number of hydrazine groups is 1. The second kappa shape index (κ2) is 5.14. The Hall–Kier alpha value is -1.62. The number of anilines is 1. The number of nitrogens with zero attached hydrogens (tertiary/aromatic N) is 1. The van der Waals surface area contributed by atoms with Gasteiger partial charge in [-0.3, -0.25) is 15.2 Å². The van der Waals surface area contributed by atoms with Crippen molar-refractivity contribution in [3.05, 3.63) is 29.8 Å². The minimum Gasteiger partial charge on any atom is -0.331 e. The van der Waals surface area contributed by atoms with Gasteiger partial charge in [-0.05, 0) is 43.3 Å². The van der Waals surface area contributed by atoms with Crippen LogP contribution in [0.4, 0.5) is 5.69 Å². The van der Waals surface area contributed by atoms with E-state index in [0.717, 1.165) is 17.7 Å². The molecule has 90 valence electrons. The maximum absolute atomic E-state index is 11.4. The standard InChI is InChI=1S/C12H15N3OS/c1-9-4-2-5-10(8-9)13-12(17)14-15-7-3-6-11(15)16/h2,4-5,8H,3,6-7H2,1H3,(H2,13,14,17). The molecule has 1 aromatic rings. The third kappa shape index (κ3) is 3.17. The monoisotopic (exact) mass is 249 g/mol. The molecule has 1 aliphatic heterocycles. The van der Waals surface area contributed by atoms with Crippen LogP contribution in [0.1, 0.15) is 18.4 Å². The minimum atomic E-state index is 0.0957. The van der Waals surface area contributed by atoms with Gasteiger partial charge < -0.3 is 5.32 Å². The second-order valence-corrected chi connectivity index (χ2v) is 4.49. The van der Waals surface area contributed by atoms with Crippen molar-refractivity contribution < 1.29 is 4.79 Å². The van der Waals surface area contributed by atoms with Gasteiger partial charge >= 0.3 is 0 Å². The van der Waals surface area contributed by atoms with Crippen LogP contribution in [0.2, 0.25) is 0 Å². The summed E-state index contributed by atoms with van der Waals surface area (Å²) in [7, 11) is 0. The highest BCUT2D eigenvalue weighted by Crippen LogP contribution is 2.10. The van der Waals surface area contributed by atoms with Crippen molar-refractivity contribution in [3.8, 4) is 0 Å². The molecule has 0 bridgehead atoms. The summed E-state index contributed by atoms with van der Waals surface area (Å²) in [6.07, 6.45) is 1.49. The van der Waals surface area contributed by atoms with Gasteiger partial charge in [-0.1, -0.05) is 12.1 Å². The number of benzene rings is 1. The zero-order valence-electron chi connectivity index (χ0n) is 9.69. The average molecular weight is 249 g/mol. The Morgan fingerprint density at radius 3 is 2.94 bits per heavy atom. The van der Waals surface area contributed by atoms with Gasteiger partial charge in [0, 0.05) is 18.7 Å². The van der Waals surface area contributed by atoms with Crippen molar-refractivity contribution in [1.82, 2.24) is 10.4 Å². The van der Waals surface area contributed by atoms with Gasteiger partial charge in [0.15, 0.2) is 5.11 Å². The minimum absolute atomic E-state index is 0.0957. The van der Waals surface area contributed by atoms with E-state index < -0.39 is 0 Å². The smallest absolute Gasteiger partial charge is 0.241 e. The van der Waals surface area contributed by atoms with Crippen molar-refractivity contribution >= 4 is 28.9 Å². The Bertz CT molecular complexity index is 447. The van der Waals surface area contributed by atoms with E-state index in [4.69, 9.17) is 12.2 Å². The number of rotatable bonds is 2. The number of nitrogens with one attached hydrogen (secondary N) is 2. The molecule has 2 rings (SSSR count). The van der Waals surface area contributed by atoms with Gasteiger partial charge in [-0.2, -0.15) is 0 Å². The van der Waals surface area contributed by atoms with Crippen LogP contribution < -0.4 is 10.7 Å². The molecular formula is C12H15N3OS. The molecule has 5 heteroatoms. The van der Waals surface area contributed by atoms with Crippen molar-refractivity contribution in [2.75, 3.05) is 11.9 Å². The maximum Gasteiger partial charge on any atom is 0.241 e. The highest BCUT2D eigenvalue weighted by Gasteiger charge is 2.20. The van der Waals surface area contributed by atoms with E-state index in [0.29, 0.717) is 18.1 Å². The summed E-state index contributed by atoms with van der Waals surface area (Å²) in [5, 5.41) is 5.07. The Morgan fingerprint density at radius 2 is 2.29 bits per heavy atom. The molecule has 1 fully saturated rings. The van der Waals surface area contributed by atoms with Crippen LogP contribution in [0, 0.1) is 6.92 Å². The van der Waals surface area contributed by atoms with Gasteiger partial charge in [0.2, 0.25) is 5.91 Å². The highest BCUT2D eigenvalue weighted by atomic mass is 32.1. The quantitative estimate of drug-likeness (QED) is 0.785. The Labute approximate surface area is 106 Å². The molecule has 0 unspecified atom stereocenters. The first kappa shape index (κ1) is 11.9. The Balaban J connectivity index is 1.91. The average Bonchev–Trinajstić information content (AvgIpc) is 2.64. The molecule has 0 aromatic heterocycles. The van der Waals surface area contributed by atoms with E-state index in [-0.39, 0.29) is 5.91 Å². The molecule has 1 saturated heterocycles. The van der Waals surface area contributed by atoms with E-state index in [1.807, 2.05) is 31.2 Å². The summed E-state index contributed by atoms with van der Waals surface area (Å²) >= 11 is 5.15. The lowest BCUT2D eigenvalue weighted by atomic mass is 10.2. The third-order valence-corrected chi connectivity index (χ3v) is 2.78. The molecule has 1 aromatic carbocycles. The normalized spacial score (nSPS) is 14.9. The number of amides is 1. The zero-order chi connectivity index (χ0) is 12.3. The molecule has 0 atom stereocenters. The Kier molecular flexibility index (Phi) is 3.58. The van der Waals surface area contributed by atoms with Crippen molar-refractivity contribution in [1.29, 1.82) is 0 Å². The fourth-order valence-electron chi connectivity index (χ4n) is 1.77. The van der Waals surface area contributed by atoms with E-state index >= 15 is 0 Å². The van der Waals surface area contributed by atoms with Crippen LogP contribution in [0.15, 0.2) is 24.3 Å². The summed E-state index contributed by atoms with van der Waals surface area (Å²) in [5.41, 5.74) is 4.99. The largest absolute Gasteiger partial charge is 0.331 e. The second-order valence-electron chi connectivity index (χ2n) is 4.08.